The van der Waals surface area contributed by atoms with E-state index in [0.717, 1.165) is 33.7 Å². The molecule has 1 aliphatic heterocycles. The van der Waals surface area contributed by atoms with E-state index >= 15 is 0 Å². The normalized spacial score (nSPS) is 12.0. The lowest BCUT2D eigenvalue weighted by molar-refractivity contribution is 0.302. The molecule has 2 heterocycles. The summed E-state index contributed by atoms with van der Waals surface area (Å²) in [6.07, 6.45) is 0. The molecule has 0 atom stereocenters. The molecule has 5 rings (SSSR count). The Kier molecular flexibility index (Phi) is 4.03. The summed E-state index contributed by atoms with van der Waals surface area (Å²) in [5.74, 6) is 1.02. The van der Waals surface area contributed by atoms with Crippen molar-refractivity contribution in [3.05, 3.63) is 89.4 Å². The lowest BCUT2D eigenvalue weighted by Gasteiger charge is -2.23. The van der Waals surface area contributed by atoms with Crippen molar-refractivity contribution in [3.8, 4) is 45.1 Å². The summed E-state index contributed by atoms with van der Waals surface area (Å²) in [6, 6.07) is 24.9. The number of pyridine rings is 1. The highest BCUT2D eigenvalue weighted by Crippen LogP contribution is 2.43. The zero-order valence-electron chi connectivity index (χ0n) is 14.9. The number of fused-ring (bicyclic) bond motifs is 3. The van der Waals surface area contributed by atoms with Gasteiger partial charge in [-0.25, -0.2) is 4.98 Å². The van der Waals surface area contributed by atoms with Crippen molar-refractivity contribution in [1.29, 1.82) is 0 Å². The van der Waals surface area contributed by atoms with Crippen LogP contribution in [0, 0.1) is 0 Å². The summed E-state index contributed by atoms with van der Waals surface area (Å²) < 4.78 is 5.99. The highest BCUT2D eigenvalue weighted by molar-refractivity contribution is 6.30. The highest BCUT2D eigenvalue weighted by Gasteiger charge is 2.24. The standard InChI is InChI=1S/C24H16ClNO2/c25-16-7-5-6-15(12-16)19-13-21(17-8-1-3-10-22(17)27)26-24-18-9-2-4-11-23(18)28-14-20(19)24/h1-13,27H,14H2. The number of ether oxygens (including phenoxy) is 1. The number of nitrogens with zero attached hydrogens (tertiary/aromatic N) is 1. The first-order valence-corrected chi connectivity index (χ1v) is 9.39. The van der Waals surface area contributed by atoms with Crippen molar-refractivity contribution in [2.45, 2.75) is 6.61 Å². The number of hydrogen-bond acceptors (Lipinski definition) is 3. The number of aromatic nitrogens is 1. The summed E-state index contributed by atoms with van der Waals surface area (Å²) in [5.41, 5.74) is 6.23. The molecule has 0 fully saturated rings. The Hall–Kier alpha value is -3.30. The number of hydrogen-bond donors (Lipinski definition) is 1. The zero-order valence-corrected chi connectivity index (χ0v) is 15.6. The SMILES string of the molecule is Oc1ccccc1-c1cc(-c2cccc(Cl)c2)c2c(n1)-c1ccccc1OC2. The van der Waals surface area contributed by atoms with E-state index in [1.807, 2.05) is 66.7 Å². The summed E-state index contributed by atoms with van der Waals surface area (Å²) in [7, 11) is 0. The maximum atomic E-state index is 10.4. The third-order valence-electron chi connectivity index (χ3n) is 4.95. The van der Waals surface area contributed by atoms with Gasteiger partial charge in [-0.1, -0.05) is 48.0 Å². The van der Waals surface area contributed by atoms with Gasteiger partial charge in [-0.2, -0.15) is 0 Å². The number of para-hydroxylation sites is 2. The molecule has 0 amide bonds. The fourth-order valence-electron chi connectivity index (χ4n) is 3.62. The fourth-order valence-corrected chi connectivity index (χ4v) is 3.81. The van der Waals surface area contributed by atoms with Gasteiger partial charge >= 0.3 is 0 Å². The number of rotatable bonds is 2. The Balaban J connectivity index is 1.82. The summed E-state index contributed by atoms with van der Waals surface area (Å²) in [6.45, 7) is 0.433. The van der Waals surface area contributed by atoms with Gasteiger partial charge in [0.15, 0.2) is 0 Å². The molecule has 0 radical (unpaired) electrons. The van der Waals surface area contributed by atoms with Crippen LogP contribution in [0.4, 0.5) is 0 Å². The van der Waals surface area contributed by atoms with Gasteiger partial charge in [0.05, 0.1) is 11.4 Å². The van der Waals surface area contributed by atoms with Gasteiger partial charge in [0, 0.05) is 21.7 Å². The average Bonchev–Trinajstić information content (AvgIpc) is 2.73. The van der Waals surface area contributed by atoms with Crippen LogP contribution < -0.4 is 4.74 Å². The van der Waals surface area contributed by atoms with Gasteiger partial charge in [-0.15, -0.1) is 0 Å². The van der Waals surface area contributed by atoms with Gasteiger partial charge in [0.2, 0.25) is 0 Å². The smallest absolute Gasteiger partial charge is 0.129 e. The third-order valence-corrected chi connectivity index (χ3v) is 5.19. The maximum absolute atomic E-state index is 10.4. The van der Waals surface area contributed by atoms with E-state index in [9.17, 15) is 5.11 Å². The second-order valence-electron chi connectivity index (χ2n) is 6.69. The predicted molar refractivity (Wildman–Crippen MR) is 112 cm³/mol. The van der Waals surface area contributed by atoms with Crippen molar-refractivity contribution in [2.24, 2.45) is 0 Å². The van der Waals surface area contributed by atoms with E-state index in [1.165, 1.54) is 0 Å². The van der Waals surface area contributed by atoms with Gasteiger partial charge in [0.25, 0.3) is 0 Å². The van der Waals surface area contributed by atoms with Crippen LogP contribution in [0.5, 0.6) is 11.5 Å². The van der Waals surface area contributed by atoms with Crippen molar-refractivity contribution in [2.75, 3.05) is 0 Å². The molecule has 0 bridgehead atoms. The lowest BCUT2D eigenvalue weighted by atomic mass is 9.92. The molecular weight excluding hydrogens is 370 g/mol. The number of aromatic hydroxyl groups is 1. The quantitative estimate of drug-likeness (QED) is 0.438. The molecule has 4 aromatic rings. The first-order valence-electron chi connectivity index (χ1n) is 9.01. The van der Waals surface area contributed by atoms with Crippen molar-refractivity contribution in [1.82, 2.24) is 4.98 Å². The molecular formula is C24H16ClNO2. The fraction of sp³-hybridized carbons (Fsp3) is 0.0417. The Morgan fingerprint density at radius 3 is 2.43 bits per heavy atom. The van der Waals surface area contributed by atoms with E-state index in [4.69, 9.17) is 21.3 Å². The van der Waals surface area contributed by atoms with Crippen LogP contribution in [0.1, 0.15) is 5.56 Å². The van der Waals surface area contributed by atoms with E-state index in [1.54, 1.807) is 12.1 Å². The molecule has 136 valence electrons. The molecule has 1 N–H and O–H groups in total. The lowest BCUT2D eigenvalue weighted by Crippen LogP contribution is -2.09. The van der Waals surface area contributed by atoms with Crippen LogP contribution in [0.15, 0.2) is 78.9 Å². The minimum atomic E-state index is 0.201. The number of phenolic OH excluding ortho intramolecular Hbond substituents is 1. The first kappa shape index (κ1) is 16.8. The van der Waals surface area contributed by atoms with Crippen molar-refractivity contribution in [3.63, 3.8) is 0 Å². The van der Waals surface area contributed by atoms with E-state index in [2.05, 4.69) is 0 Å². The van der Waals surface area contributed by atoms with Crippen LogP contribution in [0.2, 0.25) is 5.02 Å². The Morgan fingerprint density at radius 2 is 1.61 bits per heavy atom. The third kappa shape index (κ3) is 2.81. The largest absolute Gasteiger partial charge is 0.507 e. The molecule has 1 aromatic heterocycles. The van der Waals surface area contributed by atoms with Crippen molar-refractivity contribution < 1.29 is 9.84 Å². The van der Waals surface area contributed by atoms with Gasteiger partial charge in [-0.05, 0) is 53.6 Å². The molecule has 0 aliphatic carbocycles. The molecule has 4 heteroatoms. The van der Waals surface area contributed by atoms with Gasteiger partial charge in [0.1, 0.15) is 18.1 Å². The number of halogens is 1. The van der Waals surface area contributed by atoms with Crippen LogP contribution in [-0.2, 0) is 6.61 Å². The van der Waals surface area contributed by atoms with Crippen molar-refractivity contribution >= 4 is 11.6 Å². The zero-order chi connectivity index (χ0) is 19.1. The van der Waals surface area contributed by atoms with Crippen LogP contribution in [-0.4, -0.2) is 10.1 Å². The van der Waals surface area contributed by atoms with E-state index in [0.29, 0.717) is 22.9 Å². The average molecular weight is 386 g/mol. The topological polar surface area (TPSA) is 42.4 Å². The molecule has 28 heavy (non-hydrogen) atoms. The molecule has 0 saturated carbocycles. The van der Waals surface area contributed by atoms with Gasteiger partial charge in [-0.3, -0.25) is 0 Å². The molecule has 0 spiro atoms. The molecule has 0 saturated heterocycles. The first-order chi connectivity index (χ1) is 13.7. The summed E-state index contributed by atoms with van der Waals surface area (Å²) in [5, 5.41) is 11.1. The van der Waals surface area contributed by atoms with Crippen LogP contribution in [0.25, 0.3) is 33.6 Å². The molecule has 0 unspecified atom stereocenters. The summed E-state index contributed by atoms with van der Waals surface area (Å²) >= 11 is 6.25. The highest BCUT2D eigenvalue weighted by atomic mass is 35.5. The second kappa shape index (κ2) is 6.70. The van der Waals surface area contributed by atoms with Crippen LogP contribution in [0.3, 0.4) is 0 Å². The summed E-state index contributed by atoms with van der Waals surface area (Å²) in [4.78, 5) is 4.92. The molecule has 3 aromatic carbocycles. The second-order valence-corrected chi connectivity index (χ2v) is 7.13. The monoisotopic (exact) mass is 385 g/mol. The molecule has 1 aliphatic rings. The Morgan fingerprint density at radius 1 is 0.821 bits per heavy atom. The van der Waals surface area contributed by atoms with Gasteiger partial charge < -0.3 is 9.84 Å². The Labute approximate surface area is 167 Å². The predicted octanol–water partition coefficient (Wildman–Crippen LogP) is 6.33. The van der Waals surface area contributed by atoms with E-state index < -0.39 is 0 Å². The minimum Gasteiger partial charge on any atom is -0.507 e. The molecule has 3 nitrogen and oxygen atoms in total. The maximum Gasteiger partial charge on any atom is 0.129 e. The number of phenols is 1. The number of benzene rings is 3. The van der Waals surface area contributed by atoms with E-state index in [-0.39, 0.29) is 5.75 Å². The minimum absolute atomic E-state index is 0.201. The Bertz CT molecular complexity index is 1200. The van der Waals surface area contributed by atoms with Crippen LogP contribution >= 0.6 is 11.6 Å².